The van der Waals surface area contributed by atoms with E-state index in [1.165, 1.54) is 0 Å². The minimum absolute atomic E-state index is 0.0769. The summed E-state index contributed by atoms with van der Waals surface area (Å²) in [4.78, 5) is 11.8. The van der Waals surface area contributed by atoms with Crippen LogP contribution in [0.2, 0.25) is 0 Å². The van der Waals surface area contributed by atoms with Gasteiger partial charge in [-0.3, -0.25) is 4.79 Å². The number of phenolic OH excluding ortho intramolecular Hbond substituents is 1. The molecule has 1 aliphatic rings. The molecule has 0 unspecified atom stereocenters. The number of carbonyl (C=O) groups excluding carboxylic acids is 1. The molecule has 0 aliphatic carbocycles. The van der Waals surface area contributed by atoms with Crippen LogP contribution in [0.15, 0.2) is 23.1 Å². The van der Waals surface area contributed by atoms with Crippen LogP contribution >= 0.6 is 11.8 Å². The van der Waals surface area contributed by atoms with Crippen molar-refractivity contribution in [2.75, 3.05) is 11.9 Å². The van der Waals surface area contributed by atoms with E-state index in [1.54, 1.807) is 12.1 Å². The van der Waals surface area contributed by atoms with E-state index in [1.807, 2.05) is 6.07 Å². The Kier molecular flexibility index (Phi) is 1.69. The van der Waals surface area contributed by atoms with Crippen molar-refractivity contribution >= 4 is 22.6 Å². The van der Waals surface area contributed by atoms with Crippen molar-refractivity contribution in [1.82, 2.24) is 0 Å². The van der Waals surface area contributed by atoms with E-state index in [9.17, 15) is 9.90 Å². The fourth-order valence-electron chi connectivity index (χ4n) is 1.10. The summed E-state index contributed by atoms with van der Waals surface area (Å²) in [7, 11) is 0. The van der Waals surface area contributed by atoms with Gasteiger partial charge in [-0.15, -0.1) is 0 Å². The van der Waals surface area contributed by atoms with Gasteiger partial charge in [-0.1, -0.05) is 6.07 Å². The Balaban J connectivity index is 2.48. The molecular weight excluding hydrogens is 174 g/mol. The highest BCUT2D eigenvalue weighted by molar-refractivity contribution is 8.14. The van der Waals surface area contributed by atoms with Gasteiger partial charge in [-0.25, -0.2) is 0 Å². The predicted octanol–water partition coefficient (Wildman–Crippen LogP) is 1.44. The molecule has 0 aromatic heterocycles. The summed E-state index contributed by atoms with van der Waals surface area (Å²) in [6.45, 7) is 0.287. The predicted molar refractivity (Wildman–Crippen MR) is 47.5 cm³/mol. The maximum Gasteiger partial charge on any atom is 0.212 e. The molecule has 0 spiro atoms. The summed E-state index contributed by atoms with van der Waals surface area (Å²) >= 11 is 1.16. The van der Waals surface area contributed by atoms with Gasteiger partial charge < -0.3 is 10.4 Å². The SMILES string of the molecule is O=C1CNc2c(O)cccc2S1. The van der Waals surface area contributed by atoms with E-state index in [-0.39, 0.29) is 17.4 Å². The van der Waals surface area contributed by atoms with Crippen LogP contribution in [0.25, 0.3) is 0 Å². The molecule has 1 aromatic rings. The molecule has 1 heterocycles. The topological polar surface area (TPSA) is 49.3 Å². The number of hydrogen-bond donors (Lipinski definition) is 2. The lowest BCUT2D eigenvalue weighted by Crippen LogP contribution is -2.15. The van der Waals surface area contributed by atoms with E-state index in [2.05, 4.69) is 5.32 Å². The smallest absolute Gasteiger partial charge is 0.212 e. The summed E-state index contributed by atoms with van der Waals surface area (Å²) in [6, 6.07) is 5.13. The van der Waals surface area contributed by atoms with E-state index >= 15 is 0 Å². The van der Waals surface area contributed by atoms with Gasteiger partial charge in [0.25, 0.3) is 0 Å². The van der Waals surface area contributed by atoms with Crippen LogP contribution in [0.1, 0.15) is 0 Å². The zero-order chi connectivity index (χ0) is 8.55. The fourth-order valence-corrected chi connectivity index (χ4v) is 1.92. The van der Waals surface area contributed by atoms with Crippen LogP contribution in [-0.4, -0.2) is 16.8 Å². The van der Waals surface area contributed by atoms with Gasteiger partial charge in [-0.05, 0) is 23.9 Å². The van der Waals surface area contributed by atoms with Crippen LogP contribution in [-0.2, 0) is 4.79 Å². The Morgan fingerprint density at radius 1 is 1.50 bits per heavy atom. The number of fused-ring (bicyclic) bond motifs is 1. The molecule has 4 heteroatoms. The molecule has 0 saturated carbocycles. The summed E-state index contributed by atoms with van der Waals surface area (Å²) in [6.07, 6.45) is 0. The highest BCUT2D eigenvalue weighted by Gasteiger charge is 2.17. The van der Waals surface area contributed by atoms with Crippen molar-refractivity contribution in [3.05, 3.63) is 18.2 Å². The summed E-state index contributed by atoms with van der Waals surface area (Å²) in [5.41, 5.74) is 0.669. The van der Waals surface area contributed by atoms with Gasteiger partial charge in [-0.2, -0.15) is 0 Å². The number of aromatic hydroxyl groups is 1. The molecule has 0 amide bonds. The largest absolute Gasteiger partial charge is 0.506 e. The van der Waals surface area contributed by atoms with Crippen LogP contribution in [0.5, 0.6) is 5.75 Å². The quantitative estimate of drug-likeness (QED) is 0.594. The lowest BCUT2D eigenvalue weighted by molar-refractivity contribution is -0.109. The number of hydrogen-bond acceptors (Lipinski definition) is 4. The summed E-state index contributed by atoms with van der Waals surface area (Å²) < 4.78 is 0. The maximum absolute atomic E-state index is 11.0. The van der Waals surface area contributed by atoms with Crippen LogP contribution in [0, 0.1) is 0 Å². The molecule has 1 aliphatic heterocycles. The normalized spacial score (nSPS) is 15.2. The van der Waals surface area contributed by atoms with Gasteiger partial charge in [0, 0.05) is 4.90 Å². The monoisotopic (exact) mass is 181 g/mol. The Bertz CT molecular complexity index is 338. The van der Waals surface area contributed by atoms with E-state index in [0.29, 0.717) is 5.69 Å². The molecule has 0 bridgehead atoms. The van der Waals surface area contributed by atoms with Crippen LogP contribution in [0.4, 0.5) is 5.69 Å². The number of thioether (sulfide) groups is 1. The first-order valence-electron chi connectivity index (χ1n) is 3.54. The minimum atomic E-state index is 0.0769. The minimum Gasteiger partial charge on any atom is -0.506 e. The van der Waals surface area contributed by atoms with E-state index < -0.39 is 0 Å². The average Bonchev–Trinajstić information content (AvgIpc) is 2.04. The fraction of sp³-hybridized carbons (Fsp3) is 0.125. The Morgan fingerprint density at radius 3 is 3.17 bits per heavy atom. The third-order valence-corrected chi connectivity index (χ3v) is 2.57. The Labute approximate surface area is 73.8 Å². The van der Waals surface area contributed by atoms with Gasteiger partial charge in [0.1, 0.15) is 5.75 Å². The number of para-hydroxylation sites is 1. The molecule has 1 aromatic carbocycles. The Morgan fingerprint density at radius 2 is 2.33 bits per heavy atom. The number of anilines is 1. The second kappa shape index (κ2) is 2.71. The van der Waals surface area contributed by atoms with Gasteiger partial charge >= 0.3 is 0 Å². The van der Waals surface area contributed by atoms with Crippen molar-refractivity contribution in [3.8, 4) is 5.75 Å². The molecule has 2 rings (SSSR count). The van der Waals surface area contributed by atoms with Crippen LogP contribution in [0.3, 0.4) is 0 Å². The van der Waals surface area contributed by atoms with Crippen molar-refractivity contribution < 1.29 is 9.90 Å². The molecule has 2 N–H and O–H groups in total. The lowest BCUT2D eigenvalue weighted by Gasteiger charge is -2.16. The average molecular weight is 181 g/mol. The highest BCUT2D eigenvalue weighted by atomic mass is 32.2. The lowest BCUT2D eigenvalue weighted by atomic mass is 10.3. The number of rotatable bonds is 0. The highest BCUT2D eigenvalue weighted by Crippen LogP contribution is 2.37. The molecule has 0 fully saturated rings. The third kappa shape index (κ3) is 1.14. The number of benzene rings is 1. The van der Waals surface area contributed by atoms with Crippen molar-refractivity contribution in [3.63, 3.8) is 0 Å². The molecular formula is C8H7NO2S. The first-order chi connectivity index (χ1) is 5.77. The molecule has 0 radical (unpaired) electrons. The van der Waals surface area contributed by atoms with Crippen molar-refractivity contribution in [2.24, 2.45) is 0 Å². The number of carbonyl (C=O) groups is 1. The first-order valence-corrected chi connectivity index (χ1v) is 4.35. The van der Waals surface area contributed by atoms with Crippen molar-refractivity contribution in [2.45, 2.75) is 4.90 Å². The second-order valence-electron chi connectivity index (χ2n) is 2.48. The zero-order valence-corrected chi connectivity index (χ0v) is 7.02. The number of nitrogens with one attached hydrogen (secondary N) is 1. The standard InChI is InChI=1S/C8H7NO2S/c10-5-2-1-3-6-8(5)9-4-7(11)12-6/h1-3,9-10H,4H2. The van der Waals surface area contributed by atoms with E-state index in [4.69, 9.17) is 0 Å². The first kappa shape index (κ1) is 7.49. The summed E-state index contributed by atoms with van der Waals surface area (Å²) in [5, 5.41) is 12.3. The zero-order valence-electron chi connectivity index (χ0n) is 6.20. The number of phenols is 1. The molecule has 12 heavy (non-hydrogen) atoms. The molecule has 62 valence electrons. The second-order valence-corrected chi connectivity index (χ2v) is 3.58. The van der Waals surface area contributed by atoms with Gasteiger partial charge in [0.05, 0.1) is 12.2 Å². The van der Waals surface area contributed by atoms with E-state index in [0.717, 1.165) is 16.7 Å². The van der Waals surface area contributed by atoms with Gasteiger partial charge in [0.15, 0.2) is 0 Å². The molecule has 0 atom stereocenters. The van der Waals surface area contributed by atoms with Crippen LogP contribution < -0.4 is 5.32 Å². The molecule has 0 saturated heterocycles. The van der Waals surface area contributed by atoms with Gasteiger partial charge in [0.2, 0.25) is 5.12 Å². The molecule has 3 nitrogen and oxygen atoms in total. The Hall–Kier alpha value is -1.16. The third-order valence-electron chi connectivity index (χ3n) is 1.64. The van der Waals surface area contributed by atoms with Crippen molar-refractivity contribution in [1.29, 1.82) is 0 Å². The maximum atomic E-state index is 11.0. The summed E-state index contributed by atoms with van der Waals surface area (Å²) in [5.74, 6) is 0.201.